The summed E-state index contributed by atoms with van der Waals surface area (Å²) in [5.41, 5.74) is 6.92. The van der Waals surface area contributed by atoms with Gasteiger partial charge in [0, 0.05) is 25.0 Å². The summed E-state index contributed by atoms with van der Waals surface area (Å²) >= 11 is 1.71. The van der Waals surface area contributed by atoms with Gasteiger partial charge in [-0.2, -0.15) is 5.10 Å². The van der Waals surface area contributed by atoms with E-state index in [1.165, 1.54) is 5.56 Å². The molecule has 0 amide bonds. The summed E-state index contributed by atoms with van der Waals surface area (Å²) in [5, 5.41) is 13.5. The van der Waals surface area contributed by atoms with Crippen molar-refractivity contribution in [3.63, 3.8) is 0 Å². The number of nitrogens with two attached hydrogens (primary N) is 1. The van der Waals surface area contributed by atoms with Gasteiger partial charge in [0.2, 0.25) is 0 Å². The molecule has 2 aromatic rings. The van der Waals surface area contributed by atoms with Gasteiger partial charge in [-0.3, -0.25) is 4.68 Å². The third-order valence-corrected chi connectivity index (χ3v) is 3.76. The normalized spacial score (nSPS) is 11.4. The molecule has 7 heteroatoms. The van der Waals surface area contributed by atoms with E-state index in [9.17, 15) is 0 Å². The van der Waals surface area contributed by atoms with Crippen LogP contribution in [0.15, 0.2) is 17.6 Å². The molecule has 0 unspecified atom stereocenters. The Balaban J connectivity index is 1.97. The van der Waals surface area contributed by atoms with E-state index in [0.29, 0.717) is 12.6 Å². The molecule has 0 spiro atoms. The Kier molecular flexibility index (Phi) is 4.60. The van der Waals surface area contributed by atoms with Gasteiger partial charge in [-0.05, 0) is 25.8 Å². The molecule has 104 valence electrons. The SMILES string of the molecule is CC(C)n1c(CN)nnc1SCCc1cnn(C)c1. The predicted octanol–water partition coefficient (Wildman–Crippen LogP) is 1.39. The lowest BCUT2D eigenvalue weighted by Crippen LogP contribution is -2.11. The molecule has 0 aliphatic rings. The van der Waals surface area contributed by atoms with Crippen LogP contribution in [-0.4, -0.2) is 30.3 Å². The molecule has 0 atom stereocenters. The lowest BCUT2D eigenvalue weighted by Gasteiger charge is -2.12. The largest absolute Gasteiger partial charge is 0.324 e. The van der Waals surface area contributed by atoms with Gasteiger partial charge in [-0.1, -0.05) is 11.8 Å². The van der Waals surface area contributed by atoms with Gasteiger partial charge in [0.25, 0.3) is 0 Å². The van der Waals surface area contributed by atoms with E-state index in [-0.39, 0.29) is 0 Å². The second kappa shape index (κ2) is 6.21. The molecule has 0 aliphatic heterocycles. The summed E-state index contributed by atoms with van der Waals surface area (Å²) in [6.07, 6.45) is 4.92. The molecule has 0 fully saturated rings. The summed E-state index contributed by atoms with van der Waals surface area (Å²) in [7, 11) is 1.93. The first-order valence-corrected chi connectivity index (χ1v) is 7.34. The van der Waals surface area contributed by atoms with Crippen LogP contribution in [0.25, 0.3) is 0 Å². The average molecular weight is 280 g/mol. The summed E-state index contributed by atoms with van der Waals surface area (Å²) in [6.45, 7) is 4.66. The highest BCUT2D eigenvalue weighted by Gasteiger charge is 2.13. The zero-order valence-electron chi connectivity index (χ0n) is 11.6. The van der Waals surface area contributed by atoms with E-state index in [1.807, 2.05) is 24.1 Å². The molecule has 2 aromatic heterocycles. The van der Waals surface area contributed by atoms with Gasteiger partial charge >= 0.3 is 0 Å². The number of thioether (sulfide) groups is 1. The fourth-order valence-corrected chi connectivity index (χ4v) is 3.00. The second-order valence-electron chi connectivity index (χ2n) is 4.69. The Labute approximate surface area is 117 Å². The summed E-state index contributed by atoms with van der Waals surface area (Å²) < 4.78 is 3.93. The van der Waals surface area contributed by atoms with Crippen LogP contribution in [0.2, 0.25) is 0 Å². The predicted molar refractivity (Wildman–Crippen MR) is 75.9 cm³/mol. The second-order valence-corrected chi connectivity index (χ2v) is 5.75. The molecular weight excluding hydrogens is 260 g/mol. The Morgan fingerprint density at radius 2 is 2.16 bits per heavy atom. The van der Waals surface area contributed by atoms with Crippen molar-refractivity contribution in [2.24, 2.45) is 12.8 Å². The zero-order valence-corrected chi connectivity index (χ0v) is 12.4. The molecule has 19 heavy (non-hydrogen) atoms. The van der Waals surface area contributed by atoms with Crippen molar-refractivity contribution < 1.29 is 0 Å². The van der Waals surface area contributed by atoms with Crippen LogP contribution in [-0.2, 0) is 20.0 Å². The molecular formula is C12H20N6S. The average Bonchev–Trinajstić information content (AvgIpc) is 2.95. The number of aryl methyl sites for hydroxylation is 2. The van der Waals surface area contributed by atoms with Crippen molar-refractivity contribution in [3.05, 3.63) is 23.8 Å². The lowest BCUT2D eigenvalue weighted by atomic mass is 10.3. The summed E-state index contributed by atoms with van der Waals surface area (Å²) in [6, 6.07) is 0.328. The Hall–Kier alpha value is -1.34. The number of hydrogen-bond acceptors (Lipinski definition) is 5. The van der Waals surface area contributed by atoms with Crippen molar-refractivity contribution >= 4 is 11.8 Å². The highest BCUT2D eigenvalue weighted by Crippen LogP contribution is 2.22. The van der Waals surface area contributed by atoms with Crippen LogP contribution in [0, 0.1) is 0 Å². The maximum Gasteiger partial charge on any atom is 0.191 e. The molecule has 2 rings (SSSR count). The highest BCUT2D eigenvalue weighted by molar-refractivity contribution is 7.99. The van der Waals surface area contributed by atoms with Gasteiger partial charge in [-0.25, -0.2) is 0 Å². The molecule has 0 saturated heterocycles. The van der Waals surface area contributed by atoms with Gasteiger partial charge < -0.3 is 10.3 Å². The van der Waals surface area contributed by atoms with Crippen molar-refractivity contribution in [2.45, 2.75) is 38.0 Å². The van der Waals surface area contributed by atoms with Gasteiger partial charge in [-0.15, -0.1) is 10.2 Å². The van der Waals surface area contributed by atoms with Crippen molar-refractivity contribution in [1.82, 2.24) is 24.5 Å². The number of rotatable bonds is 6. The minimum atomic E-state index is 0.328. The number of nitrogens with zero attached hydrogens (tertiary/aromatic N) is 5. The van der Waals surface area contributed by atoms with E-state index in [1.54, 1.807) is 11.8 Å². The first kappa shape index (κ1) is 14.1. The molecule has 2 heterocycles. The van der Waals surface area contributed by atoms with E-state index in [0.717, 1.165) is 23.2 Å². The minimum Gasteiger partial charge on any atom is -0.324 e. The smallest absolute Gasteiger partial charge is 0.191 e. The highest BCUT2D eigenvalue weighted by atomic mass is 32.2. The van der Waals surface area contributed by atoms with E-state index < -0.39 is 0 Å². The number of aromatic nitrogens is 5. The molecule has 0 aliphatic carbocycles. The molecule has 0 aromatic carbocycles. The van der Waals surface area contributed by atoms with Crippen LogP contribution in [0.4, 0.5) is 0 Å². The molecule has 0 saturated carbocycles. The quantitative estimate of drug-likeness (QED) is 0.809. The molecule has 2 N–H and O–H groups in total. The van der Waals surface area contributed by atoms with Gasteiger partial charge in [0.05, 0.1) is 12.7 Å². The van der Waals surface area contributed by atoms with Gasteiger partial charge in [0.15, 0.2) is 5.16 Å². The van der Waals surface area contributed by atoms with Crippen molar-refractivity contribution in [2.75, 3.05) is 5.75 Å². The number of hydrogen-bond donors (Lipinski definition) is 1. The fourth-order valence-electron chi connectivity index (χ4n) is 1.92. The monoisotopic (exact) mass is 280 g/mol. The van der Waals surface area contributed by atoms with Crippen LogP contribution in [0.1, 0.15) is 31.3 Å². The van der Waals surface area contributed by atoms with Crippen LogP contribution in [0.3, 0.4) is 0 Å². The lowest BCUT2D eigenvalue weighted by molar-refractivity contribution is 0.526. The fraction of sp³-hybridized carbons (Fsp3) is 0.583. The standard InChI is InChI=1S/C12H20N6S/c1-9(2)18-11(6-13)15-16-12(18)19-5-4-10-7-14-17(3)8-10/h7-9H,4-6,13H2,1-3H3. The molecule has 0 bridgehead atoms. The Morgan fingerprint density at radius 3 is 2.74 bits per heavy atom. The van der Waals surface area contributed by atoms with E-state index in [2.05, 4.69) is 33.7 Å². The summed E-state index contributed by atoms with van der Waals surface area (Å²) in [4.78, 5) is 0. The Bertz CT molecular complexity index is 530. The summed E-state index contributed by atoms with van der Waals surface area (Å²) in [5.74, 6) is 1.81. The first-order chi connectivity index (χ1) is 9.11. The topological polar surface area (TPSA) is 74.6 Å². The first-order valence-electron chi connectivity index (χ1n) is 6.36. The minimum absolute atomic E-state index is 0.328. The van der Waals surface area contributed by atoms with Crippen LogP contribution < -0.4 is 5.73 Å². The van der Waals surface area contributed by atoms with Crippen molar-refractivity contribution in [3.8, 4) is 0 Å². The third-order valence-electron chi connectivity index (χ3n) is 2.81. The van der Waals surface area contributed by atoms with E-state index >= 15 is 0 Å². The Morgan fingerprint density at radius 1 is 1.37 bits per heavy atom. The van der Waals surface area contributed by atoms with Gasteiger partial charge in [0.1, 0.15) is 5.82 Å². The maximum atomic E-state index is 5.68. The zero-order chi connectivity index (χ0) is 13.8. The van der Waals surface area contributed by atoms with Crippen LogP contribution in [0.5, 0.6) is 0 Å². The third kappa shape index (κ3) is 3.36. The van der Waals surface area contributed by atoms with Crippen LogP contribution >= 0.6 is 11.8 Å². The maximum absolute atomic E-state index is 5.68. The molecule has 6 nitrogen and oxygen atoms in total. The molecule has 0 radical (unpaired) electrons. The van der Waals surface area contributed by atoms with Crippen molar-refractivity contribution in [1.29, 1.82) is 0 Å². The van der Waals surface area contributed by atoms with E-state index in [4.69, 9.17) is 5.73 Å².